The lowest BCUT2D eigenvalue weighted by atomic mass is 9.86. The Hall–Kier alpha value is -3.14. The summed E-state index contributed by atoms with van der Waals surface area (Å²) in [7, 11) is -3.68. The van der Waals surface area contributed by atoms with Crippen molar-refractivity contribution in [3.05, 3.63) is 57.6 Å². The van der Waals surface area contributed by atoms with E-state index in [1.165, 1.54) is 19.1 Å². The average molecular weight is 448 g/mol. The normalized spacial score (nSPS) is 16.3. The molecule has 1 aliphatic heterocycles. The van der Waals surface area contributed by atoms with E-state index in [0.717, 1.165) is 16.1 Å². The molecular formula is C21H25N3O6S. The highest BCUT2D eigenvalue weighted by Crippen LogP contribution is 2.39. The zero-order valence-electron chi connectivity index (χ0n) is 18.0. The van der Waals surface area contributed by atoms with Crippen molar-refractivity contribution < 1.29 is 22.9 Å². The number of nitrogens with zero attached hydrogens (tertiary/aromatic N) is 2. The molecule has 166 valence electrons. The summed E-state index contributed by atoms with van der Waals surface area (Å²) in [5, 5.41) is 13.8. The molecule has 31 heavy (non-hydrogen) atoms. The van der Waals surface area contributed by atoms with Gasteiger partial charge in [-0.3, -0.25) is 19.2 Å². The minimum absolute atomic E-state index is 0.125. The van der Waals surface area contributed by atoms with E-state index >= 15 is 0 Å². The van der Waals surface area contributed by atoms with Crippen molar-refractivity contribution in [3.63, 3.8) is 0 Å². The Morgan fingerprint density at radius 3 is 2.52 bits per heavy atom. The van der Waals surface area contributed by atoms with Crippen LogP contribution >= 0.6 is 0 Å². The highest BCUT2D eigenvalue weighted by atomic mass is 32.2. The summed E-state index contributed by atoms with van der Waals surface area (Å²) in [6.45, 7) is 7.36. The third kappa shape index (κ3) is 4.63. The minimum Gasteiger partial charge on any atom is -0.476 e. The Morgan fingerprint density at radius 1 is 1.26 bits per heavy atom. The van der Waals surface area contributed by atoms with Gasteiger partial charge >= 0.3 is 0 Å². The second-order valence-electron chi connectivity index (χ2n) is 8.53. The molecule has 1 N–H and O–H groups in total. The molecular weight excluding hydrogens is 422 g/mol. The van der Waals surface area contributed by atoms with Crippen LogP contribution in [0.2, 0.25) is 0 Å². The number of rotatable bonds is 4. The number of benzene rings is 2. The van der Waals surface area contributed by atoms with E-state index in [1.807, 2.05) is 26.8 Å². The van der Waals surface area contributed by atoms with Gasteiger partial charge in [-0.2, -0.15) is 0 Å². The van der Waals surface area contributed by atoms with E-state index in [0.29, 0.717) is 11.3 Å². The van der Waals surface area contributed by atoms with Gasteiger partial charge in [0.2, 0.25) is 10.0 Å². The van der Waals surface area contributed by atoms with Crippen LogP contribution in [0.4, 0.5) is 17.1 Å². The maximum atomic E-state index is 12.9. The summed E-state index contributed by atoms with van der Waals surface area (Å²) in [6.07, 6.45) is -0.0488. The molecule has 1 heterocycles. The molecule has 3 rings (SSSR count). The van der Waals surface area contributed by atoms with E-state index in [-0.39, 0.29) is 29.1 Å². The molecule has 0 saturated heterocycles. The van der Waals surface area contributed by atoms with E-state index in [9.17, 15) is 23.3 Å². The SMILES string of the molecule is Cc1c(NC(=O)[C@@H]2CN(S(C)(=O)=O)c3cc(C(C)(C)C)ccc3O2)cccc1[N+](=O)[O-]. The van der Waals surface area contributed by atoms with Crippen molar-refractivity contribution in [2.75, 3.05) is 22.4 Å². The monoisotopic (exact) mass is 447 g/mol. The van der Waals surface area contributed by atoms with Crippen LogP contribution in [0.5, 0.6) is 5.75 Å². The number of hydrogen-bond donors (Lipinski definition) is 1. The van der Waals surface area contributed by atoms with Crippen LogP contribution in [0.1, 0.15) is 31.9 Å². The first-order chi connectivity index (χ1) is 14.3. The topological polar surface area (TPSA) is 119 Å². The summed E-state index contributed by atoms with van der Waals surface area (Å²) < 4.78 is 31.9. The van der Waals surface area contributed by atoms with E-state index in [2.05, 4.69) is 5.32 Å². The van der Waals surface area contributed by atoms with Gasteiger partial charge in [-0.25, -0.2) is 8.42 Å². The number of amides is 1. The molecule has 0 saturated carbocycles. The zero-order valence-corrected chi connectivity index (χ0v) is 18.8. The van der Waals surface area contributed by atoms with Gasteiger partial charge in [0.1, 0.15) is 5.75 Å². The van der Waals surface area contributed by atoms with Crippen LogP contribution in [0.3, 0.4) is 0 Å². The fourth-order valence-electron chi connectivity index (χ4n) is 3.34. The van der Waals surface area contributed by atoms with Gasteiger partial charge < -0.3 is 10.1 Å². The first kappa shape index (κ1) is 22.5. The molecule has 1 atom stereocenters. The van der Waals surface area contributed by atoms with Crippen molar-refractivity contribution in [2.45, 2.75) is 39.2 Å². The van der Waals surface area contributed by atoms with Crippen molar-refractivity contribution in [1.29, 1.82) is 0 Å². The third-order valence-electron chi connectivity index (χ3n) is 5.15. The molecule has 9 nitrogen and oxygen atoms in total. The zero-order chi connectivity index (χ0) is 23.1. The smallest absolute Gasteiger partial charge is 0.274 e. The van der Waals surface area contributed by atoms with Gasteiger partial charge in [-0.05, 0) is 36.1 Å². The molecule has 0 radical (unpaired) electrons. The van der Waals surface area contributed by atoms with Crippen LogP contribution in [-0.2, 0) is 20.2 Å². The van der Waals surface area contributed by atoms with Crippen LogP contribution in [-0.4, -0.2) is 38.2 Å². The fourth-order valence-corrected chi connectivity index (χ4v) is 4.24. The number of sulfonamides is 1. The molecule has 2 aromatic carbocycles. The number of carbonyl (C=O) groups excluding carboxylic acids is 1. The predicted octanol–water partition coefficient (Wildman–Crippen LogP) is 3.37. The maximum Gasteiger partial charge on any atom is 0.274 e. The molecule has 0 fully saturated rings. The Labute approximate surface area is 181 Å². The third-order valence-corrected chi connectivity index (χ3v) is 6.29. The summed E-state index contributed by atoms with van der Waals surface area (Å²) in [5.74, 6) is -0.316. The number of nitro groups is 1. The maximum absolute atomic E-state index is 12.9. The van der Waals surface area contributed by atoms with E-state index < -0.39 is 27.0 Å². The predicted molar refractivity (Wildman–Crippen MR) is 118 cm³/mol. The second kappa shape index (κ2) is 7.84. The van der Waals surface area contributed by atoms with E-state index in [1.54, 1.807) is 18.2 Å². The van der Waals surface area contributed by atoms with Gasteiger partial charge in [0, 0.05) is 6.07 Å². The van der Waals surface area contributed by atoms with Crippen molar-refractivity contribution >= 4 is 33.0 Å². The van der Waals surface area contributed by atoms with Gasteiger partial charge in [-0.15, -0.1) is 0 Å². The second-order valence-corrected chi connectivity index (χ2v) is 10.4. The van der Waals surface area contributed by atoms with Crippen LogP contribution in [0.15, 0.2) is 36.4 Å². The average Bonchev–Trinajstić information content (AvgIpc) is 2.66. The van der Waals surface area contributed by atoms with Crippen molar-refractivity contribution in [2.24, 2.45) is 0 Å². The van der Waals surface area contributed by atoms with Gasteiger partial charge in [0.15, 0.2) is 6.10 Å². The van der Waals surface area contributed by atoms with Crippen molar-refractivity contribution in [1.82, 2.24) is 0 Å². The Kier molecular flexibility index (Phi) is 5.70. The lowest BCUT2D eigenvalue weighted by molar-refractivity contribution is -0.385. The minimum atomic E-state index is -3.68. The number of carbonyl (C=O) groups is 1. The van der Waals surface area contributed by atoms with Gasteiger partial charge in [0.05, 0.1) is 34.7 Å². The van der Waals surface area contributed by atoms with Crippen LogP contribution in [0, 0.1) is 17.0 Å². The Balaban J connectivity index is 1.94. The number of nitrogens with one attached hydrogen (secondary N) is 1. The summed E-state index contributed by atoms with van der Waals surface area (Å²) in [6, 6.07) is 9.61. The quantitative estimate of drug-likeness (QED) is 0.567. The number of nitro benzene ring substituents is 1. The molecule has 0 aliphatic carbocycles. The summed E-state index contributed by atoms with van der Waals surface area (Å²) in [4.78, 5) is 23.5. The lowest BCUT2D eigenvalue weighted by Gasteiger charge is -2.35. The number of hydrogen-bond acceptors (Lipinski definition) is 6. The first-order valence-corrected chi connectivity index (χ1v) is 11.5. The Morgan fingerprint density at radius 2 is 1.94 bits per heavy atom. The molecule has 0 aromatic heterocycles. The fraction of sp³-hybridized carbons (Fsp3) is 0.381. The lowest BCUT2D eigenvalue weighted by Crippen LogP contribution is -2.48. The van der Waals surface area contributed by atoms with Gasteiger partial charge in [-0.1, -0.05) is 32.9 Å². The molecule has 0 bridgehead atoms. The molecule has 1 amide bonds. The highest BCUT2D eigenvalue weighted by Gasteiger charge is 2.36. The first-order valence-electron chi connectivity index (χ1n) is 9.63. The number of anilines is 2. The standard InChI is InChI=1S/C21H25N3O6S/c1-13-15(7-6-8-16(13)24(26)27)22-20(25)19-12-23(31(5,28)29)17-11-14(21(2,3)4)9-10-18(17)30-19/h6-11,19H,12H2,1-5H3,(H,22,25)/t19-/m0/s1. The summed E-state index contributed by atoms with van der Waals surface area (Å²) >= 11 is 0. The molecule has 1 aliphatic rings. The largest absolute Gasteiger partial charge is 0.476 e. The summed E-state index contributed by atoms with van der Waals surface area (Å²) in [5.41, 5.74) is 1.55. The van der Waals surface area contributed by atoms with E-state index in [4.69, 9.17) is 4.74 Å². The Bertz CT molecular complexity index is 1150. The van der Waals surface area contributed by atoms with Gasteiger partial charge in [0.25, 0.3) is 11.6 Å². The molecule has 0 unspecified atom stereocenters. The van der Waals surface area contributed by atoms with Crippen LogP contribution < -0.4 is 14.4 Å². The molecule has 0 spiro atoms. The highest BCUT2D eigenvalue weighted by molar-refractivity contribution is 7.92. The van der Waals surface area contributed by atoms with Crippen molar-refractivity contribution in [3.8, 4) is 5.75 Å². The number of fused-ring (bicyclic) bond motifs is 1. The molecule has 10 heteroatoms. The molecule has 2 aromatic rings. The van der Waals surface area contributed by atoms with Crippen LogP contribution in [0.25, 0.3) is 0 Å². The number of ether oxygens (including phenoxy) is 1.